The molecule has 0 aliphatic rings. The second-order valence-electron chi connectivity index (χ2n) is 5.54. The molecule has 134 valence electrons. The van der Waals surface area contributed by atoms with Crippen LogP contribution in [0.2, 0.25) is 0 Å². The van der Waals surface area contributed by atoms with Gasteiger partial charge < -0.3 is 9.64 Å². The molecule has 2 aromatic carbocycles. The smallest absolute Gasteiger partial charge is 0.182 e. The number of hydrogen-bond donors (Lipinski definition) is 0. The number of Topliss-reactive ketones (excluding diaryl/α,β-unsaturated/α-hetero) is 1. The van der Waals surface area contributed by atoms with Crippen LogP contribution in [0, 0.1) is 0 Å². The van der Waals surface area contributed by atoms with Crippen molar-refractivity contribution in [1.29, 1.82) is 0 Å². The van der Waals surface area contributed by atoms with Gasteiger partial charge >= 0.3 is 0 Å². The highest BCUT2D eigenvalue weighted by molar-refractivity contribution is 7.91. The van der Waals surface area contributed by atoms with Crippen LogP contribution in [0.25, 0.3) is 0 Å². The van der Waals surface area contributed by atoms with Gasteiger partial charge in [0.25, 0.3) is 0 Å². The minimum atomic E-state index is -3.34. The molecule has 0 amide bonds. The van der Waals surface area contributed by atoms with Crippen LogP contribution < -0.4 is 9.64 Å². The monoisotopic (exact) mass is 361 g/mol. The summed E-state index contributed by atoms with van der Waals surface area (Å²) in [5.74, 6) is 0.527. The van der Waals surface area contributed by atoms with Crippen molar-refractivity contribution in [2.24, 2.45) is 0 Å². The Hall–Kier alpha value is -2.34. The van der Waals surface area contributed by atoms with E-state index in [4.69, 9.17) is 4.74 Å². The van der Waals surface area contributed by atoms with Crippen molar-refractivity contribution in [3.8, 4) is 5.75 Å². The number of anilines is 1. The van der Waals surface area contributed by atoms with Gasteiger partial charge in [-0.25, -0.2) is 8.42 Å². The van der Waals surface area contributed by atoms with E-state index in [0.29, 0.717) is 23.5 Å². The SMILES string of the molecule is CCN(CC(=O)c1ccccc1)c1cc(S(=O)(=O)CC)ccc1OC. The third-order valence-electron chi connectivity index (χ3n) is 4.04. The Labute approximate surface area is 149 Å². The van der Waals surface area contributed by atoms with E-state index >= 15 is 0 Å². The van der Waals surface area contributed by atoms with Crippen LogP contribution >= 0.6 is 0 Å². The fourth-order valence-electron chi connectivity index (χ4n) is 2.53. The molecule has 5 nitrogen and oxygen atoms in total. The quantitative estimate of drug-likeness (QED) is 0.676. The highest BCUT2D eigenvalue weighted by atomic mass is 32.2. The number of benzene rings is 2. The molecule has 0 fully saturated rings. The van der Waals surface area contributed by atoms with Crippen LogP contribution in [0.4, 0.5) is 5.69 Å². The number of methoxy groups -OCH3 is 1. The highest BCUT2D eigenvalue weighted by Crippen LogP contribution is 2.31. The molecule has 2 aromatic rings. The third kappa shape index (κ3) is 4.39. The highest BCUT2D eigenvalue weighted by Gasteiger charge is 2.19. The van der Waals surface area contributed by atoms with E-state index in [-0.39, 0.29) is 23.0 Å². The molecule has 0 aliphatic heterocycles. The Kier molecular flexibility index (Phi) is 6.20. The third-order valence-corrected chi connectivity index (χ3v) is 5.77. The van der Waals surface area contributed by atoms with Crippen LogP contribution in [0.3, 0.4) is 0 Å². The van der Waals surface area contributed by atoms with E-state index in [0.717, 1.165) is 0 Å². The minimum absolute atomic E-state index is 0.0217. The molecule has 0 spiro atoms. The number of nitrogens with zero attached hydrogens (tertiary/aromatic N) is 1. The van der Waals surface area contributed by atoms with Crippen molar-refractivity contribution < 1.29 is 17.9 Å². The van der Waals surface area contributed by atoms with E-state index in [1.54, 1.807) is 31.2 Å². The standard InChI is InChI=1S/C19H23NO4S/c1-4-20(14-18(21)15-9-7-6-8-10-15)17-13-16(25(22,23)5-2)11-12-19(17)24-3/h6-13H,4-5,14H2,1-3H3. The van der Waals surface area contributed by atoms with Crippen molar-refractivity contribution in [1.82, 2.24) is 0 Å². The zero-order chi connectivity index (χ0) is 18.4. The molecule has 0 N–H and O–H groups in total. The lowest BCUT2D eigenvalue weighted by Gasteiger charge is -2.25. The maximum absolute atomic E-state index is 12.5. The maximum atomic E-state index is 12.5. The molecule has 0 heterocycles. The maximum Gasteiger partial charge on any atom is 0.182 e. The van der Waals surface area contributed by atoms with E-state index in [1.165, 1.54) is 13.2 Å². The molecular weight excluding hydrogens is 338 g/mol. The van der Waals surface area contributed by atoms with Crippen molar-refractivity contribution in [2.45, 2.75) is 18.7 Å². The molecule has 2 rings (SSSR count). The van der Waals surface area contributed by atoms with Crippen molar-refractivity contribution in [3.63, 3.8) is 0 Å². The number of ketones is 1. The van der Waals surface area contributed by atoms with Gasteiger partial charge in [0, 0.05) is 12.1 Å². The Balaban J connectivity index is 2.38. The number of hydrogen-bond acceptors (Lipinski definition) is 5. The first-order valence-corrected chi connectivity index (χ1v) is 9.82. The van der Waals surface area contributed by atoms with Crippen molar-refractivity contribution in [2.75, 3.05) is 30.9 Å². The zero-order valence-corrected chi connectivity index (χ0v) is 15.5. The van der Waals surface area contributed by atoms with E-state index in [9.17, 15) is 13.2 Å². The fraction of sp³-hybridized carbons (Fsp3) is 0.316. The lowest BCUT2D eigenvalue weighted by Crippen LogP contribution is -2.30. The van der Waals surface area contributed by atoms with Crippen molar-refractivity contribution >= 4 is 21.3 Å². The molecule has 25 heavy (non-hydrogen) atoms. The topological polar surface area (TPSA) is 63.7 Å². The van der Waals surface area contributed by atoms with Crippen LogP contribution in [-0.4, -0.2) is 40.2 Å². The van der Waals surface area contributed by atoms with E-state index < -0.39 is 9.84 Å². The van der Waals surface area contributed by atoms with Gasteiger partial charge in [-0.05, 0) is 25.1 Å². The molecule has 0 bridgehead atoms. The van der Waals surface area contributed by atoms with E-state index in [1.807, 2.05) is 30.0 Å². The molecule has 0 saturated heterocycles. The summed E-state index contributed by atoms with van der Waals surface area (Å²) in [4.78, 5) is 14.6. The van der Waals surface area contributed by atoms with Gasteiger partial charge in [0.05, 0.1) is 30.0 Å². The van der Waals surface area contributed by atoms with Gasteiger partial charge in [0.2, 0.25) is 0 Å². The molecule has 0 aliphatic carbocycles. The molecular formula is C19H23NO4S. The zero-order valence-electron chi connectivity index (χ0n) is 14.7. The number of carbonyl (C=O) groups excluding carboxylic acids is 1. The second-order valence-corrected chi connectivity index (χ2v) is 7.82. The largest absolute Gasteiger partial charge is 0.495 e. The number of likely N-dealkylation sites (N-methyl/N-ethyl adjacent to an activating group) is 1. The van der Waals surface area contributed by atoms with E-state index in [2.05, 4.69) is 0 Å². The average molecular weight is 361 g/mol. The summed E-state index contributed by atoms with van der Waals surface area (Å²) in [7, 11) is -1.81. The lowest BCUT2D eigenvalue weighted by molar-refractivity contribution is 0.0999. The summed E-state index contributed by atoms with van der Waals surface area (Å²) in [6.45, 7) is 4.21. The first-order chi connectivity index (χ1) is 11.9. The lowest BCUT2D eigenvalue weighted by atomic mass is 10.1. The van der Waals surface area contributed by atoms with Gasteiger partial charge in [0.15, 0.2) is 15.6 Å². The van der Waals surface area contributed by atoms with Gasteiger partial charge in [-0.2, -0.15) is 0 Å². The van der Waals surface area contributed by atoms with Crippen LogP contribution in [0.15, 0.2) is 53.4 Å². The van der Waals surface area contributed by atoms with Gasteiger partial charge in [0.1, 0.15) is 5.75 Å². The fourth-order valence-corrected chi connectivity index (χ4v) is 3.43. The average Bonchev–Trinajstić information content (AvgIpc) is 2.66. The number of carbonyl (C=O) groups is 1. The Morgan fingerprint density at radius 2 is 1.76 bits per heavy atom. The molecule has 0 unspecified atom stereocenters. The van der Waals surface area contributed by atoms with Crippen LogP contribution in [-0.2, 0) is 9.84 Å². The van der Waals surface area contributed by atoms with Gasteiger partial charge in [-0.3, -0.25) is 4.79 Å². The second kappa shape index (κ2) is 8.16. The first kappa shape index (κ1) is 19.0. The normalized spacial score (nSPS) is 11.2. The summed E-state index contributed by atoms with van der Waals surface area (Å²) in [5.41, 5.74) is 1.22. The summed E-state index contributed by atoms with van der Waals surface area (Å²) < 4.78 is 29.7. The number of rotatable bonds is 8. The Morgan fingerprint density at radius 3 is 2.32 bits per heavy atom. The summed E-state index contributed by atoms with van der Waals surface area (Å²) in [5, 5.41) is 0. The van der Waals surface area contributed by atoms with Gasteiger partial charge in [-0.1, -0.05) is 37.3 Å². The van der Waals surface area contributed by atoms with Crippen LogP contribution in [0.1, 0.15) is 24.2 Å². The first-order valence-electron chi connectivity index (χ1n) is 8.17. The Morgan fingerprint density at radius 1 is 1.08 bits per heavy atom. The predicted octanol–water partition coefficient (Wildman–Crippen LogP) is 3.20. The van der Waals surface area contributed by atoms with Gasteiger partial charge in [-0.15, -0.1) is 0 Å². The molecule has 0 saturated carbocycles. The molecule has 6 heteroatoms. The Bertz CT molecular complexity index is 832. The predicted molar refractivity (Wildman–Crippen MR) is 99.4 cm³/mol. The van der Waals surface area contributed by atoms with Crippen molar-refractivity contribution in [3.05, 3.63) is 54.1 Å². The van der Waals surface area contributed by atoms with Crippen LogP contribution in [0.5, 0.6) is 5.75 Å². The summed E-state index contributed by atoms with van der Waals surface area (Å²) in [6, 6.07) is 13.8. The summed E-state index contributed by atoms with van der Waals surface area (Å²) in [6.07, 6.45) is 0. The minimum Gasteiger partial charge on any atom is -0.495 e. The number of sulfone groups is 1. The summed E-state index contributed by atoms with van der Waals surface area (Å²) >= 11 is 0. The number of ether oxygens (including phenoxy) is 1. The molecule has 0 aromatic heterocycles. The molecule has 0 atom stereocenters. The molecule has 0 radical (unpaired) electrons.